The third kappa shape index (κ3) is 2.30. The number of hydrogen-bond donors (Lipinski definition) is 0. The number of ether oxygens (including phenoxy) is 1. The van der Waals surface area contributed by atoms with Crippen molar-refractivity contribution in [2.45, 2.75) is 11.8 Å². The van der Waals surface area contributed by atoms with Gasteiger partial charge in [-0.2, -0.15) is 0 Å². The Morgan fingerprint density at radius 3 is 2.19 bits per heavy atom. The summed E-state index contributed by atoms with van der Waals surface area (Å²) in [7, 11) is -2.73. The minimum atomic E-state index is -3.84. The molecule has 0 heterocycles. The van der Waals surface area contributed by atoms with Crippen LogP contribution in [0.15, 0.2) is 40.6 Å². The predicted octanol–water partition coefficient (Wildman–Crippen LogP) is 1.46. The molecule has 1 aromatic rings. The lowest BCUT2D eigenvalue weighted by molar-refractivity contribution is -0.135. The molecule has 0 aromatic heterocycles. The summed E-state index contributed by atoms with van der Waals surface area (Å²) in [5.41, 5.74) is 0.933. The summed E-state index contributed by atoms with van der Waals surface area (Å²) in [5, 5.41) is 0. The highest BCUT2D eigenvalue weighted by Crippen LogP contribution is 2.19. The van der Waals surface area contributed by atoms with E-state index >= 15 is 0 Å². The predicted molar refractivity (Wildman–Crippen MR) is 59.5 cm³/mol. The van der Waals surface area contributed by atoms with Gasteiger partial charge in [0.05, 0.1) is 12.0 Å². The van der Waals surface area contributed by atoms with Crippen LogP contribution in [0, 0.1) is 6.92 Å². The van der Waals surface area contributed by atoms with Crippen LogP contribution in [0.5, 0.6) is 0 Å². The van der Waals surface area contributed by atoms with Crippen LogP contribution in [0.25, 0.3) is 0 Å². The zero-order valence-corrected chi connectivity index (χ0v) is 9.87. The van der Waals surface area contributed by atoms with Gasteiger partial charge < -0.3 is 4.74 Å². The molecule has 0 saturated heterocycles. The lowest BCUT2D eigenvalue weighted by Gasteiger charge is -2.05. The molecule has 0 radical (unpaired) electrons. The van der Waals surface area contributed by atoms with Crippen LogP contribution in [0.4, 0.5) is 0 Å². The van der Waals surface area contributed by atoms with Crippen LogP contribution in [0.1, 0.15) is 5.56 Å². The number of aryl methyl sites for hydroxylation is 1. The van der Waals surface area contributed by atoms with E-state index in [0.29, 0.717) is 0 Å². The van der Waals surface area contributed by atoms with Crippen LogP contribution in [-0.4, -0.2) is 21.5 Å². The fourth-order valence-corrected chi connectivity index (χ4v) is 2.16. The third-order valence-corrected chi connectivity index (χ3v) is 3.78. The minimum Gasteiger partial charge on any atom is -0.465 e. The number of methoxy groups -OCH3 is 1. The van der Waals surface area contributed by atoms with Gasteiger partial charge in [0.25, 0.3) is 0 Å². The number of sulfone groups is 1. The quantitative estimate of drug-likeness (QED) is 0.592. The molecule has 16 heavy (non-hydrogen) atoms. The zero-order valence-electron chi connectivity index (χ0n) is 9.06. The van der Waals surface area contributed by atoms with E-state index in [1.54, 1.807) is 12.1 Å². The Labute approximate surface area is 94.5 Å². The molecule has 0 N–H and O–H groups in total. The van der Waals surface area contributed by atoms with Crippen molar-refractivity contribution in [2.24, 2.45) is 0 Å². The molecule has 0 atom stereocenters. The lowest BCUT2D eigenvalue weighted by atomic mass is 10.2. The molecule has 0 aliphatic carbocycles. The van der Waals surface area contributed by atoms with Gasteiger partial charge in [0, 0.05) is 0 Å². The Morgan fingerprint density at radius 2 is 1.75 bits per heavy atom. The van der Waals surface area contributed by atoms with Crippen molar-refractivity contribution in [2.75, 3.05) is 7.11 Å². The highest BCUT2D eigenvalue weighted by molar-refractivity contribution is 7.96. The molecule has 5 heteroatoms. The van der Waals surface area contributed by atoms with Crippen LogP contribution in [0.2, 0.25) is 0 Å². The first-order chi connectivity index (χ1) is 7.39. The molecule has 0 saturated carbocycles. The maximum absolute atomic E-state index is 11.8. The fraction of sp³-hybridized carbons (Fsp3) is 0.182. The van der Waals surface area contributed by atoms with E-state index < -0.39 is 20.7 Å². The molecule has 0 amide bonds. The van der Waals surface area contributed by atoms with Crippen molar-refractivity contribution in [1.82, 2.24) is 0 Å². The van der Waals surface area contributed by atoms with E-state index in [1.165, 1.54) is 12.1 Å². The Bertz CT molecular complexity index is 511. The zero-order chi connectivity index (χ0) is 12.3. The first-order valence-electron chi connectivity index (χ1n) is 4.48. The molecule has 1 rings (SSSR count). The maximum atomic E-state index is 11.8. The van der Waals surface area contributed by atoms with Gasteiger partial charge in [-0.25, -0.2) is 13.2 Å². The second-order valence-electron chi connectivity index (χ2n) is 3.23. The summed E-state index contributed by atoms with van der Waals surface area (Å²) in [6.07, 6.45) is 0. The number of benzene rings is 1. The van der Waals surface area contributed by atoms with Gasteiger partial charge in [0.2, 0.25) is 9.84 Å². The summed E-state index contributed by atoms with van der Waals surface area (Å²) in [4.78, 5) is 10.6. The molecule has 0 spiro atoms. The van der Waals surface area contributed by atoms with Crippen molar-refractivity contribution >= 4 is 15.8 Å². The van der Waals surface area contributed by atoms with Crippen molar-refractivity contribution in [1.29, 1.82) is 0 Å². The van der Waals surface area contributed by atoms with E-state index in [-0.39, 0.29) is 4.90 Å². The van der Waals surface area contributed by atoms with Crippen LogP contribution in [0.3, 0.4) is 0 Å². The molecular weight excluding hydrogens is 228 g/mol. The van der Waals surface area contributed by atoms with Crippen molar-refractivity contribution in [3.05, 3.63) is 41.3 Å². The fourth-order valence-electron chi connectivity index (χ4n) is 1.08. The summed E-state index contributed by atoms with van der Waals surface area (Å²) < 4.78 is 28.0. The Balaban J connectivity index is 3.17. The topological polar surface area (TPSA) is 60.4 Å². The number of esters is 1. The van der Waals surface area contributed by atoms with Gasteiger partial charge in [0.1, 0.15) is 4.91 Å². The summed E-state index contributed by atoms with van der Waals surface area (Å²) in [6.45, 7) is 5.07. The molecule has 4 nitrogen and oxygen atoms in total. The second-order valence-corrected chi connectivity index (χ2v) is 5.20. The van der Waals surface area contributed by atoms with Crippen molar-refractivity contribution < 1.29 is 17.9 Å². The van der Waals surface area contributed by atoms with Crippen LogP contribution in [-0.2, 0) is 19.4 Å². The van der Waals surface area contributed by atoms with Gasteiger partial charge in [-0.15, -0.1) is 0 Å². The normalized spacial score (nSPS) is 10.9. The van der Waals surface area contributed by atoms with Gasteiger partial charge >= 0.3 is 5.97 Å². The lowest BCUT2D eigenvalue weighted by Crippen LogP contribution is -2.14. The molecule has 86 valence electrons. The molecular formula is C11H12O4S. The molecule has 0 unspecified atom stereocenters. The average molecular weight is 240 g/mol. The molecule has 1 aromatic carbocycles. The third-order valence-electron chi connectivity index (χ3n) is 2.07. The van der Waals surface area contributed by atoms with E-state index in [2.05, 4.69) is 11.3 Å². The summed E-state index contributed by atoms with van der Waals surface area (Å²) >= 11 is 0. The number of carbonyl (C=O) groups excluding carboxylic acids is 1. The SMILES string of the molecule is C=C(C(=O)OC)S(=O)(=O)c1ccc(C)cc1. The van der Waals surface area contributed by atoms with Crippen molar-refractivity contribution in [3.8, 4) is 0 Å². The monoisotopic (exact) mass is 240 g/mol. The first-order valence-corrected chi connectivity index (χ1v) is 5.97. The Hall–Kier alpha value is -1.62. The average Bonchev–Trinajstić information content (AvgIpc) is 2.27. The number of carbonyl (C=O) groups is 1. The standard InChI is InChI=1S/C11H12O4S/c1-8-4-6-10(7-5-8)16(13,14)9(2)11(12)15-3/h4-7H,2H2,1,3H3. The minimum absolute atomic E-state index is 0.0356. The van der Waals surface area contributed by atoms with E-state index in [1.807, 2.05) is 6.92 Å². The molecule has 0 aliphatic rings. The number of rotatable bonds is 3. The van der Waals surface area contributed by atoms with Gasteiger partial charge in [-0.1, -0.05) is 24.3 Å². The highest BCUT2D eigenvalue weighted by Gasteiger charge is 2.25. The largest absolute Gasteiger partial charge is 0.465 e. The first kappa shape index (κ1) is 12.4. The van der Waals surface area contributed by atoms with Crippen LogP contribution < -0.4 is 0 Å². The maximum Gasteiger partial charge on any atom is 0.349 e. The number of hydrogen-bond acceptors (Lipinski definition) is 4. The van der Waals surface area contributed by atoms with Crippen molar-refractivity contribution in [3.63, 3.8) is 0 Å². The van der Waals surface area contributed by atoms with E-state index in [9.17, 15) is 13.2 Å². The van der Waals surface area contributed by atoms with E-state index in [0.717, 1.165) is 12.7 Å². The van der Waals surface area contributed by atoms with Gasteiger partial charge in [-0.05, 0) is 19.1 Å². The molecule has 0 fully saturated rings. The summed E-state index contributed by atoms with van der Waals surface area (Å²) in [6, 6.07) is 6.16. The highest BCUT2D eigenvalue weighted by atomic mass is 32.2. The summed E-state index contributed by atoms with van der Waals surface area (Å²) in [5.74, 6) is -0.944. The van der Waals surface area contributed by atoms with Crippen LogP contribution >= 0.6 is 0 Å². The molecule has 0 bridgehead atoms. The van der Waals surface area contributed by atoms with Gasteiger partial charge in [-0.3, -0.25) is 0 Å². The Morgan fingerprint density at radius 1 is 1.25 bits per heavy atom. The molecule has 0 aliphatic heterocycles. The van der Waals surface area contributed by atoms with E-state index in [4.69, 9.17) is 0 Å². The van der Waals surface area contributed by atoms with Gasteiger partial charge in [0.15, 0.2) is 0 Å². The second kappa shape index (κ2) is 4.49. The Kier molecular flexibility index (Phi) is 3.49. The smallest absolute Gasteiger partial charge is 0.349 e.